The van der Waals surface area contributed by atoms with Crippen molar-refractivity contribution in [2.75, 3.05) is 13.1 Å². The van der Waals surface area contributed by atoms with Crippen LogP contribution in [0, 0.1) is 12.8 Å². The highest BCUT2D eigenvalue weighted by molar-refractivity contribution is 5.92. The van der Waals surface area contributed by atoms with E-state index in [9.17, 15) is 9.59 Å². The van der Waals surface area contributed by atoms with Gasteiger partial charge in [-0.25, -0.2) is 0 Å². The van der Waals surface area contributed by atoms with Crippen LogP contribution in [-0.4, -0.2) is 35.0 Å². The van der Waals surface area contributed by atoms with E-state index < -0.39 is 5.97 Å². The zero-order valence-electron chi connectivity index (χ0n) is 12.3. The molecule has 0 bridgehead atoms. The van der Waals surface area contributed by atoms with Crippen LogP contribution < -0.4 is 0 Å². The fourth-order valence-electron chi connectivity index (χ4n) is 2.64. The summed E-state index contributed by atoms with van der Waals surface area (Å²) in [4.78, 5) is 24.6. The summed E-state index contributed by atoms with van der Waals surface area (Å²) in [7, 11) is 0. The number of carbonyl (C=O) groups is 2. The number of carboxylic acid groups (broad SMARTS) is 1. The van der Waals surface area contributed by atoms with Gasteiger partial charge in [0.15, 0.2) is 0 Å². The summed E-state index contributed by atoms with van der Waals surface area (Å²) in [5.41, 5.74) is 2.19. The molecule has 1 amide bonds. The second-order valence-electron chi connectivity index (χ2n) is 5.56. The highest BCUT2D eigenvalue weighted by Crippen LogP contribution is 2.20. The average molecular weight is 287 g/mol. The van der Waals surface area contributed by atoms with E-state index in [2.05, 4.69) is 0 Å². The molecule has 1 fully saturated rings. The molecule has 0 saturated carbocycles. The van der Waals surface area contributed by atoms with Crippen LogP contribution in [0.15, 0.2) is 30.3 Å². The number of amides is 1. The van der Waals surface area contributed by atoms with Gasteiger partial charge < -0.3 is 10.0 Å². The fourth-order valence-corrected chi connectivity index (χ4v) is 2.64. The minimum absolute atomic E-state index is 0.00651. The molecule has 0 aromatic heterocycles. The number of carbonyl (C=O) groups excluding carboxylic acids is 1. The van der Waals surface area contributed by atoms with Gasteiger partial charge in [0, 0.05) is 25.6 Å². The number of likely N-dealkylation sites (tertiary alicyclic amines) is 1. The van der Waals surface area contributed by atoms with Crippen molar-refractivity contribution in [2.24, 2.45) is 5.92 Å². The Bertz CT molecular complexity index is 543. The van der Waals surface area contributed by atoms with Crippen LogP contribution in [0.25, 0.3) is 6.08 Å². The van der Waals surface area contributed by atoms with Gasteiger partial charge in [0.25, 0.3) is 0 Å². The third-order valence-electron chi connectivity index (χ3n) is 3.98. The molecule has 1 N–H and O–H groups in total. The smallest absolute Gasteiger partial charge is 0.303 e. The lowest BCUT2D eigenvalue weighted by molar-refractivity contribution is -0.138. The molecule has 1 aromatic rings. The Balaban J connectivity index is 1.88. The molecule has 1 aromatic carbocycles. The number of benzene rings is 1. The van der Waals surface area contributed by atoms with Crippen molar-refractivity contribution in [1.29, 1.82) is 0 Å². The van der Waals surface area contributed by atoms with E-state index in [1.165, 1.54) is 0 Å². The standard InChI is InChI=1S/C17H21NO3/c1-13-4-2-3-5-15(13)6-7-16(19)18-10-8-14(9-11-18)12-17(20)21/h2-7,14H,8-12H2,1H3,(H,20,21). The Morgan fingerprint density at radius 3 is 2.57 bits per heavy atom. The Hall–Kier alpha value is -2.10. The van der Waals surface area contributed by atoms with E-state index in [-0.39, 0.29) is 18.2 Å². The minimum Gasteiger partial charge on any atom is -0.481 e. The molecule has 0 atom stereocenters. The van der Waals surface area contributed by atoms with Crippen molar-refractivity contribution in [3.8, 4) is 0 Å². The number of rotatable bonds is 4. The van der Waals surface area contributed by atoms with Crippen molar-refractivity contribution in [1.82, 2.24) is 4.90 Å². The molecular weight excluding hydrogens is 266 g/mol. The molecule has 21 heavy (non-hydrogen) atoms. The summed E-state index contributed by atoms with van der Waals surface area (Å²) < 4.78 is 0. The van der Waals surface area contributed by atoms with Crippen molar-refractivity contribution in [3.63, 3.8) is 0 Å². The number of carboxylic acids is 1. The number of aliphatic carboxylic acids is 1. The maximum Gasteiger partial charge on any atom is 0.303 e. The van der Waals surface area contributed by atoms with Crippen LogP contribution in [0.1, 0.15) is 30.4 Å². The van der Waals surface area contributed by atoms with Crippen LogP contribution in [0.3, 0.4) is 0 Å². The molecule has 0 radical (unpaired) electrons. The van der Waals surface area contributed by atoms with Gasteiger partial charge in [-0.05, 0) is 42.9 Å². The first kappa shape index (κ1) is 15.3. The fraction of sp³-hybridized carbons (Fsp3) is 0.412. The first-order valence-corrected chi connectivity index (χ1v) is 7.30. The van der Waals surface area contributed by atoms with Crippen molar-refractivity contribution in [3.05, 3.63) is 41.5 Å². The van der Waals surface area contributed by atoms with Crippen molar-refractivity contribution in [2.45, 2.75) is 26.2 Å². The minimum atomic E-state index is -0.751. The Morgan fingerprint density at radius 1 is 1.29 bits per heavy atom. The zero-order chi connectivity index (χ0) is 15.2. The van der Waals surface area contributed by atoms with E-state index in [1.807, 2.05) is 37.3 Å². The monoisotopic (exact) mass is 287 g/mol. The first-order chi connectivity index (χ1) is 10.1. The lowest BCUT2D eigenvalue weighted by Gasteiger charge is -2.30. The maximum atomic E-state index is 12.1. The molecule has 1 saturated heterocycles. The molecule has 4 nitrogen and oxygen atoms in total. The molecule has 0 spiro atoms. The second kappa shape index (κ2) is 7.07. The van der Waals surface area contributed by atoms with Crippen LogP contribution >= 0.6 is 0 Å². The molecule has 1 aliphatic heterocycles. The number of hydrogen-bond acceptors (Lipinski definition) is 2. The molecule has 4 heteroatoms. The highest BCUT2D eigenvalue weighted by Gasteiger charge is 2.23. The molecule has 1 aliphatic rings. The van der Waals surface area contributed by atoms with Crippen LogP contribution in [0.2, 0.25) is 0 Å². The van der Waals surface area contributed by atoms with Gasteiger partial charge in [0.2, 0.25) is 5.91 Å². The van der Waals surface area contributed by atoms with E-state index in [0.29, 0.717) is 13.1 Å². The molecular formula is C17H21NO3. The Morgan fingerprint density at radius 2 is 1.95 bits per heavy atom. The summed E-state index contributed by atoms with van der Waals surface area (Å²) in [5.74, 6) is -0.543. The van der Waals surface area contributed by atoms with E-state index in [1.54, 1.807) is 11.0 Å². The van der Waals surface area contributed by atoms with Gasteiger partial charge in [0.05, 0.1) is 0 Å². The number of hydrogen-bond donors (Lipinski definition) is 1. The summed E-state index contributed by atoms with van der Waals surface area (Å²) in [6.45, 7) is 3.31. The van der Waals surface area contributed by atoms with Gasteiger partial charge in [-0.1, -0.05) is 24.3 Å². The number of nitrogens with zero attached hydrogens (tertiary/aromatic N) is 1. The van der Waals surface area contributed by atoms with E-state index in [0.717, 1.165) is 24.0 Å². The van der Waals surface area contributed by atoms with Crippen molar-refractivity contribution < 1.29 is 14.7 Å². The van der Waals surface area contributed by atoms with Gasteiger partial charge in [0.1, 0.15) is 0 Å². The maximum absolute atomic E-state index is 12.1. The Kier molecular flexibility index (Phi) is 5.14. The Labute approximate surface area is 125 Å². The second-order valence-corrected chi connectivity index (χ2v) is 5.56. The number of aryl methyl sites for hydroxylation is 1. The zero-order valence-corrected chi connectivity index (χ0v) is 12.3. The first-order valence-electron chi connectivity index (χ1n) is 7.30. The SMILES string of the molecule is Cc1ccccc1C=CC(=O)N1CCC(CC(=O)O)CC1. The van der Waals surface area contributed by atoms with E-state index in [4.69, 9.17) is 5.11 Å². The lowest BCUT2D eigenvalue weighted by atomic mass is 9.93. The largest absolute Gasteiger partial charge is 0.481 e. The molecule has 0 unspecified atom stereocenters. The van der Waals surface area contributed by atoms with E-state index >= 15 is 0 Å². The third-order valence-corrected chi connectivity index (χ3v) is 3.98. The van der Waals surface area contributed by atoms with Gasteiger partial charge in [-0.2, -0.15) is 0 Å². The van der Waals surface area contributed by atoms with Crippen LogP contribution in [0.4, 0.5) is 0 Å². The van der Waals surface area contributed by atoms with Gasteiger partial charge >= 0.3 is 5.97 Å². The predicted octanol–water partition coefficient (Wildman–Crippen LogP) is 2.72. The third kappa shape index (κ3) is 4.45. The molecule has 2 rings (SSSR count). The van der Waals surface area contributed by atoms with Gasteiger partial charge in [-0.15, -0.1) is 0 Å². The normalized spacial score (nSPS) is 16.3. The molecule has 0 aliphatic carbocycles. The van der Waals surface area contributed by atoms with Crippen molar-refractivity contribution >= 4 is 18.0 Å². The number of piperidine rings is 1. The highest BCUT2D eigenvalue weighted by atomic mass is 16.4. The summed E-state index contributed by atoms with van der Waals surface area (Å²) >= 11 is 0. The molecule has 1 heterocycles. The van der Waals surface area contributed by atoms with Crippen LogP contribution in [-0.2, 0) is 9.59 Å². The quantitative estimate of drug-likeness (QED) is 0.866. The average Bonchev–Trinajstić information content (AvgIpc) is 2.46. The summed E-state index contributed by atoms with van der Waals surface area (Å²) in [6.07, 6.45) is 5.22. The topological polar surface area (TPSA) is 57.6 Å². The lowest BCUT2D eigenvalue weighted by Crippen LogP contribution is -2.37. The summed E-state index contributed by atoms with van der Waals surface area (Å²) in [5, 5.41) is 8.79. The van der Waals surface area contributed by atoms with Crippen LogP contribution in [0.5, 0.6) is 0 Å². The van der Waals surface area contributed by atoms with Gasteiger partial charge in [-0.3, -0.25) is 9.59 Å². The predicted molar refractivity (Wildman–Crippen MR) is 81.8 cm³/mol. The molecule has 112 valence electrons. The summed E-state index contributed by atoms with van der Waals surface area (Å²) in [6, 6.07) is 7.93.